The van der Waals surface area contributed by atoms with E-state index in [1.54, 1.807) is 22.9 Å². The zero-order valence-electron chi connectivity index (χ0n) is 15.4. The molecule has 29 heavy (non-hydrogen) atoms. The Hall–Kier alpha value is -3.33. The number of carbonyl (C=O) groups is 2. The molecule has 2 N–H and O–H groups in total. The molecule has 1 aliphatic rings. The number of halogens is 1. The van der Waals surface area contributed by atoms with Crippen molar-refractivity contribution in [3.8, 4) is 0 Å². The number of aliphatic hydroxyl groups is 1. The fourth-order valence-electron chi connectivity index (χ4n) is 3.77. The molecule has 1 saturated heterocycles. The minimum atomic E-state index is -1.59. The number of aromatic nitrogens is 3. The Kier molecular flexibility index (Phi) is 4.75. The molecule has 1 fully saturated rings. The van der Waals surface area contributed by atoms with E-state index in [0.29, 0.717) is 11.3 Å². The maximum atomic E-state index is 13.2. The van der Waals surface area contributed by atoms with Gasteiger partial charge < -0.3 is 15.1 Å². The van der Waals surface area contributed by atoms with Crippen molar-refractivity contribution in [2.45, 2.75) is 18.9 Å². The summed E-state index contributed by atoms with van der Waals surface area (Å²) in [6, 6.07) is 7.17. The van der Waals surface area contributed by atoms with E-state index in [9.17, 15) is 24.2 Å². The molecule has 0 bridgehead atoms. The highest BCUT2D eigenvalue weighted by molar-refractivity contribution is 5.93. The lowest BCUT2D eigenvalue weighted by Crippen LogP contribution is -2.58. The molecule has 9 heteroatoms. The average Bonchev–Trinajstić information content (AvgIpc) is 3.15. The monoisotopic (exact) mass is 398 g/mol. The average molecular weight is 398 g/mol. The van der Waals surface area contributed by atoms with Crippen LogP contribution in [-0.2, 0) is 11.2 Å². The summed E-state index contributed by atoms with van der Waals surface area (Å²) >= 11 is 0. The van der Waals surface area contributed by atoms with E-state index in [-0.39, 0.29) is 31.6 Å². The van der Waals surface area contributed by atoms with Crippen LogP contribution in [0.2, 0.25) is 0 Å². The van der Waals surface area contributed by atoms with E-state index < -0.39 is 29.2 Å². The fraction of sp³-hybridized carbons (Fsp3) is 0.300. The van der Waals surface area contributed by atoms with Gasteiger partial charge in [0.05, 0.1) is 6.10 Å². The molecule has 0 spiro atoms. The van der Waals surface area contributed by atoms with E-state index >= 15 is 0 Å². The van der Waals surface area contributed by atoms with Gasteiger partial charge in [0.25, 0.3) is 5.91 Å². The molecular formula is C20H19FN4O4. The number of hydrogen-bond acceptors (Lipinski definition) is 5. The number of carboxylic acids is 1. The van der Waals surface area contributed by atoms with Crippen molar-refractivity contribution < 1.29 is 24.2 Å². The van der Waals surface area contributed by atoms with E-state index in [1.165, 1.54) is 35.4 Å². The maximum Gasteiger partial charge on any atom is 0.314 e. The molecule has 1 aromatic carbocycles. The second-order valence-corrected chi connectivity index (χ2v) is 7.25. The maximum absolute atomic E-state index is 13.2. The largest absolute Gasteiger partial charge is 0.481 e. The van der Waals surface area contributed by atoms with E-state index in [2.05, 4.69) is 9.97 Å². The van der Waals surface area contributed by atoms with Crippen LogP contribution in [0.5, 0.6) is 0 Å². The fourth-order valence-corrected chi connectivity index (χ4v) is 3.77. The minimum absolute atomic E-state index is 0.0275. The molecule has 2 atom stereocenters. The standard InChI is InChI=1S/C20H19FN4O4/c21-14-4-2-13(3-5-14)10-20(18(28)29)12-25(9-6-16(20)26)17(27)15-11-24-8-1-7-22-19(24)23-15/h1-5,7-8,11,16,26H,6,9-10,12H2,(H,28,29)/t16-,20-/m1/s1. The number of nitrogens with zero attached hydrogens (tertiary/aromatic N) is 4. The summed E-state index contributed by atoms with van der Waals surface area (Å²) in [6.45, 7) is 0.0285. The van der Waals surface area contributed by atoms with E-state index in [1.807, 2.05) is 0 Å². The highest BCUT2D eigenvalue weighted by Gasteiger charge is 2.50. The highest BCUT2D eigenvalue weighted by atomic mass is 19.1. The Labute approximate surface area is 165 Å². The second-order valence-electron chi connectivity index (χ2n) is 7.25. The number of aliphatic carboxylic acids is 1. The van der Waals surface area contributed by atoms with Gasteiger partial charge in [-0.2, -0.15) is 0 Å². The predicted molar refractivity (Wildman–Crippen MR) is 99.7 cm³/mol. The summed E-state index contributed by atoms with van der Waals surface area (Å²) < 4.78 is 14.8. The van der Waals surface area contributed by atoms with E-state index in [0.717, 1.165) is 0 Å². The third kappa shape index (κ3) is 3.44. The Balaban J connectivity index is 1.63. The van der Waals surface area contributed by atoms with Gasteiger partial charge in [-0.1, -0.05) is 12.1 Å². The molecule has 1 aliphatic heterocycles. The first-order valence-corrected chi connectivity index (χ1v) is 9.14. The summed E-state index contributed by atoms with van der Waals surface area (Å²) in [5.74, 6) is -1.70. The number of likely N-dealkylation sites (tertiary alicyclic amines) is 1. The Bertz CT molecular complexity index is 1030. The number of piperidine rings is 1. The molecule has 2 aromatic heterocycles. The van der Waals surface area contributed by atoms with Crippen LogP contribution < -0.4 is 0 Å². The summed E-state index contributed by atoms with van der Waals surface area (Å²) in [6.07, 6.45) is 3.76. The minimum Gasteiger partial charge on any atom is -0.481 e. The Morgan fingerprint density at radius 2 is 2.03 bits per heavy atom. The van der Waals surface area contributed by atoms with Crippen LogP contribution in [0, 0.1) is 11.2 Å². The van der Waals surface area contributed by atoms with Crippen LogP contribution >= 0.6 is 0 Å². The van der Waals surface area contributed by atoms with E-state index in [4.69, 9.17) is 0 Å². The molecule has 3 heterocycles. The molecule has 4 rings (SSSR count). The molecular weight excluding hydrogens is 379 g/mol. The van der Waals surface area contributed by atoms with Crippen molar-refractivity contribution >= 4 is 17.7 Å². The van der Waals surface area contributed by atoms with Gasteiger partial charge in [0.2, 0.25) is 5.78 Å². The molecule has 8 nitrogen and oxygen atoms in total. The van der Waals surface area contributed by atoms with Crippen molar-refractivity contribution in [2.24, 2.45) is 5.41 Å². The molecule has 0 aliphatic carbocycles. The normalized spacial score (nSPS) is 22.0. The predicted octanol–water partition coefficient (Wildman–Crippen LogP) is 1.39. The van der Waals surface area contributed by atoms with Crippen LogP contribution in [0.25, 0.3) is 5.78 Å². The third-order valence-corrected chi connectivity index (χ3v) is 5.38. The molecule has 150 valence electrons. The van der Waals surface area contributed by atoms with Gasteiger partial charge in [0.1, 0.15) is 16.9 Å². The number of fused-ring (bicyclic) bond motifs is 1. The van der Waals surface area contributed by atoms with Crippen molar-refractivity contribution in [3.05, 3.63) is 66.0 Å². The number of hydrogen-bond donors (Lipinski definition) is 2. The van der Waals surface area contributed by atoms with Gasteiger partial charge >= 0.3 is 5.97 Å². The molecule has 0 saturated carbocycles. The lowest BCUT2D eigenvalue weighted by molar-refractivity contribution is -0.161. The van der Waals surface area contributed by atoms with Crippen molar-refractivity contribution in [3.63, 3.8) is 0 Å². The zero-order valence-corrected chi connectivity index (χ0v) is 15.4. The number of rotatable bonds is 4. The van der Waals surface area contributed by atoms with Crippen LogP contribution in [0.1, 0.15) is 22.5 Å². The first-order chi connectivity index (χ1) is 13.9. The zero-order chi connectivity index (χ0) is 20.6. The third-order valence-electron chi connectivity index (χ3n) is 5.38. The number of amides is 1. The second kappa shape index (κ2) is 7.25. The lowest BCUT2D eigenvalue weighted by Gasteiger charge is -2.43. The van der Waals surface area contributed by atoms with Gasteiger partial charge in [-0.15, -0.1) is 0 Å². The van der Waals surface area contributed by atoms with Gasteiger partial charge in [-0.25, -0.2) is 14.4 Å². The first-order valence-electron chi connectivity index (χ1n) is 9.14. The highest BCUT2D eigenvalue weighted by Crippen LogP contribution is 2.35. The van der Waals surface area contributed by atoms with Crippen LogP contribution in [-0.4, -0.2) is 60.6 Å². The van der Waals surface area contributed by atoms with Crippen LogP contribution in [0.4, 0.5) is 4.39 Å². The Morgan fingerprint density at radius 3 is 2.72 bits per heavy atom. The molecule has 1 amide bonds. The van der Waals surface area contributed by atoms with Gasteiger partial charge in [-0.3, -0.25) is 14.0 Å². The van der Waals surface area contributed by atoms with Gasteiger partial charge in [0.15, 0.2) is 0 Å². The SMILES string of the molecule is O=C(c1cn2cccnc2n1)N1CC[C@@H](O)[C@](Cc2ccc(F)cc2)(C(=O)O)C1. The topological polar surface area (TPSA) is 108 Å². The first kappa shape index (κ1) is 19.0. The molecule has 0 radical (unpaired) electrons. The summed E-state index contributed by atoms with van der Waals surface area (Å²) in [5, 5.41) is 20.5. The van der Waals surface area contributed by atoms with Crippen molar-refractivity contribution in [1.29, 1.82) is 0 Å². The molecule has 3 aromatic rings. The van der Waals surface area contributed by atoms with Crippen LogP contribution in [0.3, 0.4) is 0 Å². The number of imidazole rings is 1. The smallest absolute Gasteiger partial charge is 0.314 e. The number of benzene rings is 1. The van der Waals surface area contributed by atoms with Crippen molar-refractivity contribution in [1.82, 2.24) is 19.3 Å². The van der Waals surface area contributed by atoms with Crippen molar-refractivity contribution in [2.75, 3.05) is 13.1 Å². The summed E-state index contributed by atoms with van der Waals surface area (Å²) in [7, 11) is 0. The number of carbonyl (C=O) groups excluding carboxylic acids is 1. The number of carboxylic acid groups (broad SMARTS) is 1. The quantitative estimate of drug-likeness (QED) is 0.688. The number of aliphatic hydroxyl groups excluding tert-OH is 1. The summed E-state index contributed by atoms with van der Waals surface area (Å²) in [4.78, 5) is 34.9. The molecule has 0 unspecified atom stereocenters. The van der Waals surface area contributed by atoms with Crippen LogP contribution in [0.15, 0.2) is 48.9 Å². The Morgan fingerprint density at radius 1 is 1.28 bits per heavy atom. The van der Waals surface area contributed by atoms with Gasteiger partial charge in [-0.05, 0) is 36.6 Å². The van der Waals surface area contributed by atoms with Gasteiger partial charge in [0, 0.05) is 31.7 Å². The summed E-state index contributed by atoms with van der Waals surface area (Å²) in [5.41, 5.74) is -0.872. The lowest BCUT2D eigenvalue weighted by atomic mass is 9.72.